The second-order valence-electron chi connectivity index (χ2n) is 6.01. The molecule has 0 aliphatic rings. The van der Waals surface area contributed by atoms with Crippen molar-refractivity contribution < 1.29 is 13.6 Å². The van der Waals surface area contributed by atoms with Crippen LogP contribution in [-0.4, -0.2) is 15.7 Å². The van der Waals surface area contributed by atoms with Crippen LogP contribution in [0.4, 0.5) is 0 Å². The number of aromatic nitrogens is 2. The number of nitrogens with zero attached hydrogens (tertiary/aromatic N) is 2. The molecule has 130 valence electrons. The van der Waals surface area contributed by atoms with Crippen LogP contribution in [0.15, 0.2) is 62.4 Å². The summed E-state index contributed by atoms with van der Waals surface area (Å²) in [6, 6.07) is 12.8. The van der Waals surface area contributed by atoms with E-state index in [1.165, 1.54) is 6.26 Å². The van der Waals surface area contributed by atoms with E-state index in [4.69, 9.17) is 8.83 Å². The topological polar surface area (TPSA) is 90.3 Å². The highest BCUT2D eigenvalue weighted by Gasteiger charge is 2.20. The Morgan fingerprint density at radius 3 is 2.60 bits per heavy atom. The number of nitrogens with one attached hydrogen (secondary N) is 1. The van der Waals surface area contributed by atoms with E-state index in [2.05, 4.69) is 10.4 Å². The van der Waals surface area contributed by atoms with E-state index in [0.717, 1.165) is 10.2 Å². The smallest absolute Gasteiger partial charge is 0.437 e. The summed E-state index contributed by atoms with van der Waals surface area (Å²) >= 11 is 0. The van der Waals surface area contributed by atoms with E-state index in [1.54, 1.807) is 12.1 Å². The maximum absolute atomic E-state index is 12.4. The molecule has 2 aromatic heterocycles. The molecule has 1 N–H and O–H groups in total. The second kappa shape index (κ2) is 7.21. The molecule has 1 amide bonds. The van der Waals surface area contributed by atoms with Gasteiger partial charge in [-0.25, -0.2) is 4.79 Å². The molecule has 3 rings (SSSR count). The molecule has 0 saturated heterocycles. The monoisotopic (exact) mass is 341 g/mol. The number of hydrogen-bond donors (Lipinski definition) is 1. The van der Waals surface area contributed by atoms with E-state index in [9.17, 15) is 9.59 Å². The Kier molecular flexibility index (Phi) is 4.83. The molecule has 0 spiro atoms. The predicted octanol–water partition coefficient (Wildman–Crippen LogP) is 2.61. The number of hydrogen-bond acceptors (Lipinski definition) is 5. The molecule has 2 heterocycles. The van der Waals surface area contributed by atoms with Crippen LogP contribution in [0.3, 0.4) is 0 Å². The summed E-state index contributed by atoms with van der Waals surface area (Å²) in [5.41, 5.74) is 1.01. The molecule has 3 aromatic rings. The van der Waals surface area contributed by atoms with Gasteiger partial charge in [-0.3, -0.25) is 4.79 Å². The molecule has 0 bridgehead atoms. The van der Waals surface area contributed by atoms with Crippen molar-refractivity contribution in [3.05, 3.63) is 64.8 Å². The number of rotatable bonds is 6. The Balaban J connectivity index is 1.73. The minimum atomic E-state index is -0.706. The molecule has 25 heavy (non-hydrogen) atoms. The van der Waals surface area contributed by atoms with Crippen LogP contribution in [0.5, 0.6) is 0 Å². The van der Waals surface area contributed by atoms with Crippen LogP contribution < -0.4 is 11.1 Å². The van der Waals surface area contributed by atoms with Gasteiger partial charge < -0.3 is 14.2 Å². The first kappa shape index (κ1) is 16.8. The maximum atomic E-state index is 12.4. The third-order valence-electron chi connectivity index (χ3n) is 3.77. The van der Waals surface area contributed by atoms with Crippen molar-refractivity contribution in [2.45, 2.75) is 26.4 Å². The SMILES string of the molecule is CC(C)C(NC(=O)Cn1nc(-c2ccco2)oc1=O)c1ccccc1. The van der Waals surface area contributed by atoms with Gasteiger partial charge in [0.05, 0.1) is 12.3 Å². The number of furan rings is 1. The van der Waals surface area contributed by atoms with Crippen LogP contribution in [0, 0.1) is 5.92 Å². The lowest BCUT2D eigenvalue weighted by Gasteiger charge is -2.22. The lowest BCUT2D eigenvalue weighted by molar-refractivity contribution is -0.123. The largest absolute Gasteiger partial charge is 0.459 e. The minimum Gasteiger partial charge on any atom is -0.459 e. The van der Waals surface area contributed by atoms with Crippen LogP contribution in [0.2, 0.25) is 0 Å². The van der Waals surface area contributed by atoms with Crippen molar-refractivity contribution in [1.29, 1.82) is 0 Å². The standard InChI is InChI=1S/C18H19N3O4/c1-12(2)16(13-7-4-3-5-8-13)19-15(22)11-21-18(23)25-17(20-21)14-9-6-10-24-14/h3-10,12,16H,11H2,1-2H3,(H,19,22). The van der Waals surface area contributed by atoms with Gasteiger partial charge in [0.1, 0.15) is 6.54 Å². The van der Waals surface area contributed by atoms with Crippen molar-refractivity contribution in [3.8, 4) is 11.7 Å². The normalized spacial score (nSPS) is 12.3. The highest BCUT2D eigenvalue weighted by molar-refractivity contribution is 5.76. The van der Waals surface area contributed by atoms with Crippen molar-refractivity contribution in [3.63, 3.8) is 0 Å². The summed E-state index contributed by atoms with van der Waals surface area (Å²) in [7, 11) is 0. The molecular weight excluding hydrogens is 322 g/mol. The van der Waals surface area contributed by atoms with Gasteiger partial charge in [-0.15, -0.1) is 5.10 Å². The summed E-state index contributed by atoms with van der Waals surface area (Å²) in [5, 5.41) is 6.95. The molecular formula is C18H19N3O4. The van der Waals surface area contributed by atoms with Crippen molar-refractivity contribution in [2.24, 2.45) is 5.92 Å². The summed E-state index contributed by atoms with van der Waals surface area (Å²) in [5.74, 6) is -0.447. The van der Waals surface area contributed by atoms with Gasteiger partial charge in [0.2, 0.25) is 5.91 Å². The van der Waals surface area contributed by atoms with Crippen LogP contribution in [-0.2, 0) is 11.3 Å². The Bertz CT molecular complexity index is 879. The molecule has 0 radical (unpaired) electrons. The average molecular weight is 341 g/mol. The number of benzene rings is 1. The highest BCUT2D eigenvalue weighted by Crippen LogP contribution is 2.21. The quantitative estimate of drug-likeness (QED) is 0.744. The first-order valence-electron chi connectivity index (χ1n) is 8.00. The van der Waals surface area contributed by atoms with E-state index >= 15 is 0 Å². The molecule has 0 saturated carbocycles. The summed E-state index contributed by atoms with van der Waals surface area (Å²) in [6.07, 6.45) is 1.45. The van der Waals surface area contributed by atoms with Crippen molar-refractivity contribution in [2.75, 3.05) is 0 Å². The Labute approximate surface area is 144 Å². The van der Waals surface area contributed by atoms with Gasteiger partial charge in [-0.05, 0) is 23.6 Å². The third kappa shape index (κ3) is 3.88. The zero-order chi connectivity index (χ0) is 17.8. The highest BCUT2D eigenvalue weighted by atomic mass is 16.4. The van der Waals surface area contributed by atoms with E-state index in [-0.39, 0.29) is 30.3 Å². The Morgan fingerprint density at radius 2 is 1.96 bits per heavy atom. The fraction of sp³-hybridized carbons (Fsp3) is 0.278. The molecule has 7 heteroatoms. The molecule has 0 fully saturated rings. The maximum Gasteiger partial charge on any atom is 0.437 e. The Hall–Kier alpha value is -3.09. The predicted molar refractivity (Wildman–Crippen MR) is 90.6 cm³/mol. The van der Waals surface area contributed by atoms with Gasteiger partial charge in [-0.2, -0.15) is 4.68 Å². The summed E-state index contributed by atoms with van der Waals surface area (Å²) in [4.78, 5) is 24.2. The third-order valence-corrected chi connectivity index (χ3v) is 3.77. The van der Waals surface area contributed by atoms with Crippen LogP contribution >= 0.6 is 0 Å². The van der Waals surface area contributed by atoms with Gasteiger partial charge in [-0.1, -0.05) is 44.2 Å². The lowest BCUT2D eigenvalue weighted by atomic mass is 9.96. The number of carbonyl (C=O) groups is 1. The Morgan fingerprint density at radius 1 is 1.20 bits per heavy atom. The van der Waals surface area contributed by atoms with Gasteiger partial charge in [0.25, 0.3) is 5.89 Å². The first-order valence-corrected chi connectivity index (χ1v) is 8.00. The summed E-state index contributed by atoms with van der Waals surface area (Å²) in [6.45, 7) is 3.82. The minimum absolute atomic E-state index is 0.0475. The van der Waals surface area contributed by atoms with Gasteiger partial charge in [0, 0.05) is 0 Å². The van der Waals surface area contributed by atoms with Crippen molar-refractivity contribution in [1.82, 2.24) is 15.1 Å². The number of carbonyl (C=O) groups excluding carboxylic acids is 1. The first-order chi connectivity index (χ1) is 12.0. The van der Waals surface area contributed by atoms with Crippen LogP contribution in [0.25, 0.3) is 11.7 Å². The molecule has 0 aliphatic heterocycles. The molecule has 0 aliphatic carbocycles. The van der Waals surface area contributed by atoms with E-state index in [1.807, 2.05) is 44.2 Å². The molecule has 7 nitrogen and oxygen atoms in total. The van der Waals surface area contributed by atoms with Crippen molar-refractivity contribution >= 4 is 5.91 Å². The molecule has 1 aromatic carbocycles. The van der Waals surface area contributed by atoms with Gasteiger partial charge >= 0.3 is 5.76 Å². The molecule has 1 atom stereocenters. The number of amides is 1. The van der Waals surface area contributed by atoms with E-state index < -0.39 is 5.76 Å². The zero-order valence-corrected chi connectivity index (χ0v) is 14.0. The fourth-order valence-electron chi connectivity index (χ4n) is 2.56. The molecule has 1 unspecified atom stereocenters. The van der Waals surface area contributed by atoms with E-state index in [0.29, 0.717) is 5.76 Å². The lowest BCUT2D eigenvalue weighted by Crippen LogP contribution is -2.36. The average Bonchev–Trinajstić information content (AvgIpc) is 3.24. The summed E-state index contributed by atoms with van der Waals surface area (Å²) < 4.78 is 11.1. The second-order valence-corrected chi connectivity index (χ2v) is 6.01. The zero-order valence-electron chi connectivity index (χ0n) is 14.0. The van der Waals surface area contributed by atoms with Crippen LogP contribution in [0.1, 0.15) is 25.5 Å². The fourth-order valence-corrected chi connectivity index (χ4v) is 2.56. The van der Waals surface area contributed by atoms with Gasteiger partial charge in [0.15, 0.2) is 5.76 Å².